The quantitative estimate of drug-likeness (QED) is 0.223. The van der Waals surface area contributed by atoms with Crippen molar-refractivity contribution in [1.29, 1.82) is 0 Å². The van der Waals surface area contributed by atoms with Crippen molar-refractivity contribution < 1.29 is 4.74 Å². The third-order valence-corrected chi connectivity index (χ3v) is 7.68. The van der Waals surface area contributed by atoms with Gasteiger partial charge in [0.25, 0.3) is 0 Å². The largest absolute Gasteiger partial charge is 0.486 e. The summed E-state index contributed by atoms with van der Waals surface area (Å²) in [4.78, 5) is 0.695. The maximum absolute atomic E-state index is 6.12. The highest BCUT2D eigenvalue weighted by atomic mass is 35.5. The smallest absolute Gasteiger partial charge is 0.169 e. The number of nitrogens with one attached hydrogen (secondary N) is 1. The third kappa shape index (κ3) is 4.82. The van der Waals surface area contributed by atoms with Crippen molar-refractivity contribution in [3.05, 3.63) is 112 Å². The standard InChI is InChI=1S/C31H29ClN4OS/c1-21-10-12-23(13-11-21)28-26-9-5-6-18-35-27(20-37-25-16-14-24(32)15-17-25)34-36(31(26)35)29(28)30(38)33-19-22-7-3-2-4-8-22/h2-4,7-8,10-17H,5-6,9,18-20H2,1H3,(H,33,38). The van der Waals surface area contributed by atoms with Gasteiger partial charge in [0.2, 0.25) is 0 Å². The van der Waals surface area contributed by atoms with E-state index in [1.54, 1.807) is 0 Å². The number of hydrogen-bond donors (Lipinski definition) is 1. The topological polar surface area (TPSA) is 43.5 Å². The van der Waals surface area contributed by atoms with Crippen LogP contribution in [0.4, 0.5) is 0 Å². The second kappa shape index (κ2) is 10.6. The van der Waals surface area contributed by atoms with Gasteiger partial charge < -0.3 is 14.6 Å². The zero-order chi connectivity index (χ0) is 26.1. The van der Waals surface area contributed by atoms with E-state index in [1.165, 1.54) is 27.8 Å². The van der Waals surface area contributed by atoms with Crippen molar-refractivity contribution in [2.75, 3.05) is 0 Å². The summed E-state index contributed by atoms with van der Waals surface area (Å²) >= 11 is 12.1. The summed E-state index contributed by atoms with van der Waals surface area (Å²) in [6, 6.07) is 26.5. The molecule has 0 spiro atoms. The fourth-order valence-corrected chi connectivity index (χ4v) is 5.58. The average Bonchev–Trinajstić information content (AvgIpc) is 3.34. The molecule has 1 aliphatic rings. The molecule has 0 fully saturated rings. The summed E-state index contributed by atoms with van der Waals surface area (Å²) in [6.45, 7) is 4.04. The van der Waals surface area contributed by atoms with Gasteiger partial charge in [-0.15, -0.1) is 5.10 Å². The molecule has 5 nitrogen and oxygen atoms in total. The number of thiocarbonyl (C=S) groups is 1. The van der Waals surface area contributed by atoms with E-state index < -0.39 is 0 Å². The average molecular weight is 541 g/mol. The molecule has 0 amide bonds. The molecule has 2 aromatic heterocycles. The molecule has 3 aromatic carbocycles. The summed E-state index contributed by atoms with van der Waals surface area (Å²) in [5.74, 6) is 1.66. The Kier molecular flexibility index (Phi) is 6.92. The first-order chi connectivity index (χ1) is 18.6. The van der Waals surface area contributed by atoms with Crippen molar-refractivity contribution in [1.82, 2.24) is 19.5 Å². The van der Waals surface area contributed by atoms with Crippen molar-refractivity contribution in [2.45, 2.75) is 45.9 Å². The normalized spacial score (nSPS) is 12.9. The number of halogens is 1. The Morgan fingerprint density at radius 3 is 2.53 bits per heavy atom. The highest BCUT2D eigenvalue weighted by molar-refractivity contribution is 7.80. The zero-order valence-corrected chi connectivity index (χ0v) is 22.9. The minimum absolute atomic E-state index is 0.367. The lowest BCUT2D eigenvalue weighted by Gasteiger charge is -2.12. The lowest BCUT2D eigenvalue weighted by Crippen LogP contribution is -2.24. The Hall–Kier alpha value is -3.61. The van der Waals surface area contributed by atoms with E-state index in [9.17, 15) is 0 Å². The molecule has 6 rings (SSSR count). The Morgan fingerprint density at radius 1 is 1.00 bits per heavy atom. The second-order valence-electron chi connectivity index (χ2n) is 9.74. The number of aryl methyl sites for hydroxylation is 3. The molecule has 38 heavy (non-hydrogen) atoms. The summed E-state index contributed by atoms with van der Waals surface area (Å²) in [5, 5.41) is 9.30. The Morgan fingerprint density at radius 2 is 1.76 bits per heavy atom. The number of aromatic nitrogens is 3. The number of benzene rings is 3. The molecule has 0 atom stereocenters. The molecule has 0 bridgehead atoms. The van der Waals surface area contributed by atoms with Crippen LogP contribution in [0.1, 0.15) is 41.1 Å². The van der Waals surface area contributed by atoms with Gasteiger partial charge in [0.15, 0.2) is 5.82 Å². The van der Waals surface area contributed by atoms with Crippen molar-refractivity contribution in [3.8, 4) is 16.9 Å². The molecule has 1 aliphatic heterocycles. The number of nitrogens with zero attached hydrogens (tertiary/aromatic N) is 3. The first-order valence-corrected chi connectivity index (χ1v) is 13.8. The monoisotopic (exact) mass is 540 g/mol. The van der Waals surface area contributed by atoms with Crippen LogP contribution in [0.25, 0.3) is 16.8 Å². The highest BCUT2D eigenvalue weighted by Crippen LogP contribution is 2.37. The van der Waals surface area contributed by atoms with Gasteiger partial charge in [0, 0.05) is 29.2 Å². The van der Waals surface area contributed by atoms with Crippen LogP contribution in [0.5, 0.6) is 5.75 Å². The van der Waals surface area contributed by atoms with E-state index in [2.05, 4.69) is 57.7 Å². The first kappa shape index (κ1) is 24.7. The van der Waals surface area contributed by atoms with Crippen molar-refractivity contribution in [3.63, 3.8) is 0 Å². The van der Waals surface area contributed by atoms with Crippen LogP contribution in [0, 0.1) is 6.92 Å². The van der Waals surface area contributed by atoms with Gasteiger partial charge in [-0.2, -0.15) is 0 Å². The molecule has 192 valence electrons. The van der Waals surface area contributed by atoms with E-state index in [4.69, 9.17) is 33.7 Å². The molecule has 3 heterocycles. The molecule has 0 unspecified atom stereocenters. The minimum atomic E-state index is 0.367. The van der Waals surface area contributed by atoms with Crippen LogP contribution in [0.2, 0.25) is 5.02 Å². The molecular formula is C31H29ClN4OS. The first-order valence-electron chi connectivity index (χ1n) is 13.0. The van der Waals surface area contributed by atoms with E-state index in [0.717, 1.165) is 48.7 Å². The Balaban J connectivity index is 1.44. The highest BCUT2D eigenvalue weighted by Gasteiger charge is 2.29. The van der Waals surface area contributed by atoms with E-state index in [0.29, 0.717) is 23.2 Å². The minimum Gasteiger partial charge on any atom is -0.486 e. The molecule has 5 aromatic rings. The number of rotatable bonds is 7. The summed E-state index contributed by atoms with van der Waals surface area (Å²) in [6.07, 6.45) is 3.19. The lowest BCUT2D eigenvalue weighted by molar-refractivity contribution is 0.288. The van der Waals surface area contributed by atoms with Crippen molar-refractivity contribution in [2.24, 2.45) is 0 Å². The predicted molar refractivity (Wildman–Crippen MR) is 157 cm³/mol. The molecule has 1 N–H and O–H groups in total. The van der Waals surface area contributed by atoms with Gasteiger partial charge in [0.05, 0.1) is 0 Å². The van der Waals surface area contributed by atoms with Gasteiger partial charge in [-0.3, -0.25) is 0 Å². The summed E-state index contributed by atoms with van der Waals surface area (Å²) in [7, 11) is 0. The Labute approximate surface area is 233 Å². The maximum atomic E-state index is 6.12. The molecule has 0 aliphatic carbocycles. The van der Waals surface area contributed by atoms with E-state index >= 15 is 0 Å². The van der Waals surface area contributed by atoms with E-state index in [1.807, 2.05) is 42.5 Å². The molecule has 0 radical (unpaired) electrons. The zero-order valence-electron chi connectivity index (χ0n) is 21.3. The van der Waals surface area contributed by atoms with Crippen molar-refractivity contribution >= 4 is 34.5 Å². The third-order valence-electron chi connectivity index (χ3n) is 7.09. The van der Waals surface area contributed by atoms with Gasteiger partial charge in [-0.05, 0) is 61.6 Å². The SMILES string of the molecule is Cc1ccc(-c2c3c4n(c(COc5ccc(Cl)cc5)nn4c2C(=S)NCc2ccccc2)CCCC3)cc1. The molecule has 0 saturated carbocycles. The lowest BCUT2D eigenvalue weighted by atomic mass is 9.97. The second-order valence-corrected chi connectivity index (χ2v) is 10.6. The summed E-state index contributed by atoms with van der Waals surface area (Å²) in [5.41, 5.74) is 8.13. The fourth-order valence-electron chi connectivity index (χ4n) is 5.19. The molecular weight excluding hydrogens is 512 g/mol. The number of ether oxygens (including phenoxy) is 1. The van der Waals surface area contributed by atoms with Gasteiger partial charge in [-0.25, -0.2) is 4.52 Å². The Bertz CT molecular complexity index is 1590. The van der Waals surface area contributed by atoms with Crippen LogP contribution < -0.4 is 10.1 Å². The van der Waals surface area contributed by atoms with Gasteiger partial charge >= 0.3 is 0 Å². The summed E-state index contributed by atoms with van der Waals surface area (Å²) < 4.78 is 10.5. The van der Waals surface area contributed by atoms with Gasteiger partial charge in [-0.1, -0.05) is 84.0 Å². The number of hydrogen-bond acceptors (Lipinski definition) is 3. The van der Waals surface area contributed by atoms with E-state index in [-0.39, 0.29) is 0 Å². The maximum Gasteiger partial charge on any atom is 0.169 e. The van der Waals surface area contributed by atoms with Crippen LogP contribution in [-0.2, 0) is 26.1 Å². The molecule has 0 saturated heterocycles. The molecule has 7 heteroatoms. The predicted octanol–water partition coefficient (Wildman–Crippen LogP) is 7.15. The van der Waals surface area contributed by atoms with Crippen LogP contribution in [0.3, 0.4) is 0 Å². The fraction of sp³-hybridized carbons (Fsp3) is 0.226. The van der Waals surface area contributed by atoms with Crippen LogP contribution in [-0.4, -0.2) is 19.2 Å². The van der Waals surface area contributed by atoms with Crippen LogP contribution in [0.15, 0.2) is 78.9 Å². The van der Waals surface area contributed by atoms with Crippen LogP contribution >= 0.6 is 23.8 Å². The van der Waals surface area contributed by atoms with Gasteiger partial charge in [0.1, 0.15) is 28.7 Å².